The summed E-state index contributed by atoms with van der Waals surface area (Å²) in [6.45, 7) is -3.55. The average Bonchev–Trinajstić information content (AvgIpc) is 2.84. The molecule has 0 aliphatic carbocycles. The quantitative estimate of drug-likeness (QED) is 0.124. The second kappa shape index (κ2) is 13.1. The number of rotatable bonds is 11. The number of hydrogen-bond donors (Lipinski definition) is 12. The summed E-state index contributed by atoms with van der Waals surface area (Å²) in [5.74, 6) is 0. The third-order valence-corrected chi connectivity index (χ3v) is 5.74. The number of aliphatic hydroxyl groups is 12. The van der Waals surface area contributed by atoms with Crippen LogP contribution in [0.4, 0.5) is 0 Å². The van der Waals surface area contributed by atoms with Gasteiger partial charge in [0.15, 0.2) is 12.6 Å². The Labute approximate surface area is 193 Å². The first-order valence-electron chi connectivity index (χ1n) is 10.5. The molecule has 0 amide bonds. The fourth-order valence-electron chi connectivity index (χ4n) is 3.65. The van der Waals surface area contributed by atoms with Crippen LogP contribution in [0, 0.1) is 0 Å². The van der Waals surface area contributed by atoms with Crippen LogP contribution in [0.3, 0.4) is 0 Å². The van der Waals surface area contributed by atoms with Gasteiger partial charge in [0.05, 0.1) is 26.4 Å². The summed E-state index contributed by atoms with van der Waals surface area (Å²) in [6.07, 6.45) is -24.9. The van der Waals surface area contributed by atoms with Crippen molar-refractivity contribution in [2.45, 2.75) is 85.8 Å². The Morgan fingerprint density at radius 1 is 0.618 bits per heavy atom. The lowest BCUT2D eigenvalue weighted by atomic mass is 9.96. The molecule has 0 aromatic rings. The highest BCUT2D eigenvalue weighted by atomic mass is 16.7. The van der Waals surface area contributed by atoms with E-state index in [9.17, 15) is 56.2 Å². The van der Waals surface area contributed by atoms with E-state index in [1.807, 2.05) is 0 Å². The third kappa shape index (κ3) is 6.37. The molecule has 14 atom stereocenters. The van der Waals surface area contributed by atoms with Crippen LogP contribution in [-0.2, 0) is 18.9 Å². The van der Waals surface area contributed by atoms with Gasteiger partial charge in [0.25, 0.3) is 0 Å². The summed E-state index contributed by atoms with van der Waals surface area (Å²) in [7, 11) is 0. The fourth-order valence-corrected chi connectivity index (χ4v) is 3.65. The van der Waals surface area contributed by atoms with Gasteiger partial charge in [0.1, 0.15) is 73.2 Å². The maximum absolute atomic E-state index is 10.7. The topological polar surface area (TPSA) is 280 Å². The second-order valence-corrected chi connectivity index (χ2v) is 8.10. The molecule has 2 heterocycles. The molecule has 0 radical (unpaired) electrons. The minimum absolute atomic E-state index is 0.777. The van der Waals surface area contributed by atoms with Crippen molar-refractivity contribution in [1.82, 2.24) is 0 Å². The standard InChI is InChI=1S/C18H34O16/c19-1-5(23)9(25)15(6(24)2-20)33-18-14(30)16(11(27)8(4-22)32-18)34-17-13(29)12(28)10(26)7(3-21)31-17/h5-30H,1-4H2/t5-,6+,7+,8+,9+,10-,11-,12-,13+,14+,15+,16-,17+,18-/m0/s1. The van der Waals surface area contributed by atoms with Crippen molar-refractivity contribution in [2.75, 3.05) is 26.4 Å². The van der Waals surface area contributed by atoms with Gasteiger partial charge in [-0.15, -0.1) is 0 Å². The van der Waals surface area contributed by atoms with Gasteiger partial charge >= 0.3 is 0 Å². The molecule has 12 N–H and O–H groups in total. The smallest absolute Gasteiger partial charge is 0.187 e. The van der Waals surface area contributed by atoms with E-state index in [1.165, 1.54) is 0 Å². The molecular formula is C18H34O16. The molecule has 34 heavy (non-hydrogen) atoms. The summed E-state index contributed by atoms with van der Waals surface area (Å²) in [5, 5.41) is 118. The van der Waals surface area contributed by atoms with Gasteiger partial charge in [0, 0.05) is 0 Å². The summed E-state index contributed by atoms with van der Waals surface area (Å²) in [6, 6.07) is 0. The highest BCUT2D eigenvalue weighted by molar-refractivity contribution is 4.95. The summed E-state index contributed by atoms with van der Waals surface area (Å²) < 4.78 is 21.1. The van der Waals surface area contributed by atoms with Gasteiger partial charge in [-0.05, 0) is 0 Å². The first kappa shape index (κ1) is 29.6. The molecule has 0 bridgehead atoms. The summed E-state index contributed by atoms with van der Waals surface area (Å²) >= 11 is 0. The molecule has 2 rings (SSSR count). The van der Waals surface area contributed by atoms with Crippen molar-refractivity contribution >= 4 is 0 Å². The molecule has 2 aliphatic rings. The zero-order valence-electron chi connectivity index (χ0n) is 17.9. The lowest BCUT2D eigenvalue weighted by Crippen LogP contribution is -2.65. The molecule has 202 valence electrons. The molecule has 0 aromatic carbocycles. The maximum atomic E-state index is 10.7. The van der Waals surface area contributed by atoms with E-state index in [0.29, 0.717) is 0 Å². The second-order valence-electron chi connectivity index (χ2n) is 8.10. The van der Waals surface area contributed by atoms with Crippen LogP contribution < -0.4 is 0 Å². The molecule has 16 nitrogen and oxygen atoms in total. The number of hydrogen-bond acceptors (Lipinski definition) is 16. The van der Waals surface area contributed by atoms with Gasteiger partial charge in [-0.25, -0.2) is 0 Å². The maximum Gasteiger partial charge on any atom is 0.187 e. The monoisotopic (exact) mass is 506 g/mol. The van der Waals surface area contributed by atoms with Crippen molar-refractivity contribution in [3.05, 3.63) is 0 Å². The van der Waals surface area contributed by atoms with Gasteiger partial charge < -0.3 is 80.2 Å². The number of ether oxygens (including phenoxy) is 4. The van der Waals surface area contributed by atoms with E-state index in [-0.39, 0.29) is 0 Å². The van der Waals surface area contributed by atoms with Crippen molar-refractivity contribution < 1.29 is 80.2 Å². The summed E-state index contributed by atoms with van der Waals surface area (Å²) in [5.41, 5.74) is 0. The normalized spacial score (nSPS) is 42.7. The van der Waals surface area contributed by atoms with E-state index in [2.05, 4.69) is 0 Å². The number of aliphatic hydroxyl groups excluding tert-OH is 12. The first-order valence-corrected chi connectivity index (χ1v) is 10.5. The molecule has 2 saturated heterocycles. The SMILES string of the molecule is OC[C@@H](O)[C@@H](O[C@@H]1O[C@H](CO)[C@H](O)[C@H](O[C@H]2O[C@H](CO)[C@H](O)[C@H](O)[C@H]2O)[C@H]1O)[C@H](O)[C@@H](O)CO. The Morgan fingerprint density at radius 3 is 1.68 bits per heavy atom. The molecule has 0 aromatic heterocycles. The van der Waals surface area contributed by atoms with Crippen LogP contribution in [-0.4, -0.2) is 174 Å². The Bertz CT molecular complexity index is 596. The first-order chi connectivity index (χ1) is 16.0. The minimum Gasteiger partial charge on any atom is -0.394 e. The molecule has 2 aliphatic heterocycles. The minimum atomic E-state index is -1.98. The van der Waals surface area contributed by atoms with Crippen molar-refractivity contribution in [2.24, 2.45) is 0 Å². The van der Waals surface area contributed by atoms with E-state index in [0.717, 1.165) is 0 Å². The van der Waals surface area contributed by atoms with Gasteiger partial charge in [-0.2, -0.15) is 0 Å². The van der Waals surface area contributed by atoms with Gasteiger partial charge in [0.2, 0.25) is 0 Å². The van der Waals surface area contributed by atoms with Gasteiger partial charge in [-0.3, -0.25) is 0 Å². The van der Waals surface area contributed by atoms with E-state index < -0.39 is 112 Å². The molecule has 2 fully saturated rings. The predicted molar refractivity (Wildman–Crippen MR) is 103 cm³/mol. The largest absolute Gasteiger partial charge is 0.394 e. The Balaban J connectivity index is 2.24. The van der Waals surface area contributed by atoms with Crippen LogP contribution in [0.15, 0.2) is 0 Å². The van der Waals surface area contributed by atoms with E-state index in [1.54, 1.807) is 0 Å². The molecule has 0 spiro atoms. The third-order valence-electron chi connectivity index (χ3n) is 5.74. The van der Waals surface area contributed by atoms with Crippen LogP contribution in [0.2, 0.25) is 0 Å². The van der Waals surface area contributed by atoms with Crippen LogP contribution in [0.1, 0.15) is 0 Å². The molecule has 0 unspecified atom stereocenters. The lowest BCUT2D eigenvalue weighted by Gasteiger charge is -2.46. The lowest BCUT2D eigenvalue weighted by molar-refractivity contribution is -0.369. The Hall–Kier alpha value is -0.640. The van der Waals surface area contributed by atoms with Crippen molar-refractivity contribution in [3.63, 3.8) is 0 Å². The van der Waals surface area contributed by atoms with E-state index >= 15 is 0 Å². The Kier molecular flexibility index (Phi) is 11.4. The zero-order chi connectivity index (χ0) is 25.7. The van der Waals surface area contributed by atoms with Crippen LogP contribution >= 0.6 is 0 Å². The van der Waals surface area contributed by atoms with E-state index in [4.69, 9.17) is 24.1 Å². The summed E-state index contributed by atoms with van der Waals surface area (Å²) in [4.78, 5) is 0. The van der Waals surface area contributed by atoms with Crippen molar-refractivity contribution in [1.29, 1.82) is 0 Å². The predicted octanol–water partition coefficient (Wildman–Crippen LogP) is -7.94. The van der Waals surface area contributed by atoms with Crippen LogP contribution in [0.25, 0.3) is 0 Å². The zero-order valence-corrected chi connectivity index (χ0v) is 17.9. The molecule has 0 saturated carbocycles. The average molecular weight is 506 g/mol. The highest BCUT2D eigenvalue weighted by Gasteiger charge is 2.52. The highest BCUT2D eigenvalue weighted by Crippen LogP contribution is 2.30. The van der Waals surface area contributed by atoms with Crippen LogP contribution in [0.5, 0.6) is 0 Å². The molecule has 16 heteroatoms. The fraction of sp³-hybridized carbons (Fsp3) is 1.00. The van der Waals surface area contributed by atoms with Crippen molar-refractivity contribution in [3.8, 4) is 0 Å². The molecular weight excluding hydrogens is 472 g/mol. The Morgan fingerprint density at radius 2 is 1.15 bits per heavy atom. The van der Waals surface area contributed by atoms with Gasteiger partial charge in [-0.1, -0.05) is 0 Å².